The molecule has 0 radical (unpaired) electrons. The molecule has 0 heterocycles. The quantitative estimate of drug-likeness (QED) is 0.728. The normalized spacial score (nSPS) is 12.4. The molecular formula is C12H17ClF3N3O3S. The molecule has 0 aliphatic rings. The van der Waals surface area contributed by atoms with Crippen LogP contribution in [0.5, 0.6) is 0 Å². The fourth-order valence-electron chi connectivity index (χ4n) is 1.27. The van der Waals surface area contributed by atoms with Crippen LogP contribution < -0.4 is 15.8 Å². The number of rotatable bonds is 5. The zero-order valence-corrected chi connectivity index (χ0v) is 13.9. The third-order valence-corrected chi connectivity index (χ3v) is 3.89. The van der Waals surface area contributed by atoms with E-state index >= 15 is 0 Å². The van der Waals surface area contributed by atoms with Crippen molar-refractivity contribution in [2.24, 2.45) is 5.73 Å². The molecule has 0 aliphatic heterocycles. The highest BCUT2D eigenvalue weighted by Gasteiger charge is 2.30. The molecule has 0 spiro atoms. The minimum atomic E-state index is -4.65. The van der Waals surface area contributed by atoms with E-state index in [1.807, 2.05) is 0 Å². The first-order chi connectivity index (χ1) is 9.81. The Labute approximate surface area is 138 Å². The van der Waals surface area contributed by atoms with Crippen molar-refractivity contribution in [3.63, 3.8) is 0 Å². The first-order valence-corrected chi connectivity index (χ1v) is 7.56. The van der Waals surface area contributed by atoms with Gasteiger partial charge in [0.25, 0.3) is 0 Å². The minimum Gasteiger partial charge on any atom is -0.325 e. The molecule has 1 aromatic carbocycles. The highest BCUT2D eigenvalue weighted by Crippen LogP contribution is 2.17. The van der Waals surface area contributed by atoms with Gasteiger partial charge in [0, 0.05) is 5.69 Å². The SMILES string of the molecule is CC(C)(N)C(=O)Nc1ccc(S(=O)(=O)NCC(F)(F)F)cc1.Cl. The van der Waals surface area contributed by atoms with Crippen molar-refractivity contribution in [2.45, 2.75) is 30.5 Å². The number of halogens is 4. The zero-order chi connectivity index (χ0) is 17.2. The predicted molar refractivity (Wildman–Crippen MR) is 81.8 cm³/mol. The third-order valence-electron chi connectivity index (χ3n) is 2.47. The van der Waals surface area contributed by atoms with Crippen LogP contribution in [0.15, 0.2) is 29.2 Å². The van der Waals surface area contributed by atoms with Crippen molar-refractivity contribution >= 4 is 34.0 Å². The molecule has 6 nitrogen and oxygen atoms in total. The van der Waals surface area contributed by atoms with Gasteiger partial charge in [0.05, 0.1) is 10.4 Å². The smallest absolute Gasteiger partial charge is 0.325 e. The molecule has 132 valence electrons. The first-order valence-electron chi connectivity index (χ1n) is 6.08. The lowest BCUT2D eigenvalue weighted by atomic mass is 10.1. The Kier molecular flexibility index (Phi) is 7.03. The van der Waals surface area contributed by atoms with E-state index in [2.05, 4.69) is 5.32 Å². The van der Waals surface area contributed by atoms with Crippen LogP contribution in [0.3, 0.4) is 0 Å². The predicted octanol–water partition coefficient (Wildman–Crippen LogP) is 1.62. The molecule has 0 saturated carbocycles. The molecule has 0 bridgehead atoms. The summed E-state index contributed by atoms with van der Waals surface area (Å²) in [5, 5.41) is 2.46. The molecule has 4 N–H and O–H groups in total. The molecule has 23 heavy (non-hydrogen) atoms. The summed E-state index contributed by atoms with van der Waals surface area (Å²) in [4.78, 5) is 11.3. The van der Waals surface area contributed by atoms with Crippen molar-refractivity contribution in [1.29, 1.82) is 0 Å². The fraction of sp³-hybridized carbons (Fsp3) is 0.417. The number of hydrogen-bond donors (Lipinski definition) is 3. The van der Waals surface area contributed by atoms with Crippen molar-refractivity contribution in [2.75, 3.05) is 11.9 Å². The van der Waals surface area contributed by atoms with Crippen LogP contribution in [-0.2, 0) is 14.8 Å². The van der Waals surface area contributed by atoms with Crippen LogP contribution in [0, 0.1) is 0 Å². The van der Waals surface area contributed by atoms with Gasteiger partial charge in [-0.25, -0.2) is 13.1 Å². The summed E-state index contributed by atoms with van der Waals surface area (Å²) in [7, 11) is -4.27. The lowest BCUT2D eigenvalue weighted by molar-refractivity contribution is -0.121. The fourth-order valence-corrected chi connectivity index (χ4v) is 2.28. The van der Waals surface area contributed by atoms with Crippen molar-refractivity contribution in [1.82, 2.24) is 4.72 Å². The number of alkyl halides is 3. The number of benzene rings is 1. The van der Waals surface area contributed by atoms with E-state index in [0.717, 1.165) is 12.1 Å². The summed E-state index contributed by atoms with van der Waals surface area (Å²) in [6, 6.07) is 4.67. The highest BCUT2D eigenvalue weighted by molar-refractivity contribution is 7.89. The lowest BCUT2D eigenvalue weighted by Gasteiger charge is -2.17. The number of carbonyl (C=O) groups excluding carboxylic acids is 1. The molecule has 1 aromatic rings. The number of amides is 1. The van der Waals surface area contributed by atoms with Gasteiger partial charge in [-0.1, -0.05) is 0 Å². The molecule has 0 saturated heterocycles. The first kappa shape index (κ1) is 21.6. The average molecular weight is 376 g/mol. The number of sulfonamides is 1. The minimum absolute atomic E-state index is 0. The second-order valence-corrected chi connectivity index (χ2v) is 6.91. The van der Waals surface area contributed by atoms with E-state index in [9.17, 15) is 26.4 Å². The van der Waals surface area contributed by atoms with Crippen molar-refractivity contribution in [3.05, 3.63) is 24.3 Å². The highest BCUT2D eigenvalue weighted by atomic mass is 35.5. The monoisotopic (exact) mass is 375 g/mol. The van der Waals surface area contributed by atoms with Gasteiger partial charge in [-0.2, -0.15) is 13.2 Å². The van der Waals surface area contributed by atoms with E-state index in [1.165, 1.54) is 30.7 Å². The lowest BCUT2D eigenvalue weighted by Crippen LogP contribution is -2.45. The molecule has 11 heteroatoms. The Bertz CT molecular complexity index is 640. The van der Waals surface area contributed by atoms with Gasteiger partial charge in [-0.3, -0.25) is 4.79 Å². The Balaban J connectivity index is 0.00000484. The van der Waals surface area contributed by atoms with Crippen molar-refractivity contribution < 1.29 is 26.4 Å². The average Bonchev–Trinajstić information content (AvgIpc) is 2.35. The van der Waals surface area contributed by atoms with E-state index in [-0.39, 0.29) is 23.0 Å². The summed E-state index contributed by atoms with van der Waals surface area (Å²) in [6.45, 7) is 1.32. The molecule has 1 amide bonds. The molecule has 0 fully saturated rings. The van der Waals surface area contributed by atoms with Gasteiger partial charge in [-0.15, -0.1) is 12.4 Å². The maximum absolute atomic E-state index is 12.0. The maximum Gasteiger partial charge on any atom is 0.402 e. The van der Waals surface area contributed by atoms with E-state index < -0.39 is 34.2 Å². The van der Waals surface area contributed by atoms with Gasteiger partial charge in [-0.05, 0) is 38.1 Å². The molecule has 0 unspecified atom stereocenters. The van der Waals surface area contributed by atoms with Crippen LogP contribution in [0.1, 0.15) is 13.8 Å². The summed E-state index contributed by atoms with van der Waals surface area (Å²) < 4.78 is 60.9. The van der Waals surface area contributed by atoms with Gasteiger partial charge < -0.3 is 11.1 Å². The molecule has 1 rings (SSSR count). The summed E-state index contributed by atoms with van der Waals surface area (Å²) >= 11 is 0. The van der Waals surface area contributed by atoms with Crippen LogP contribution in [0.25, 0.3) is 0 Å². The third kappa shape index (κ3) is 7.16. The number of hydrogen-bond acceptors (Lipinski definition) is 4. The van der Waals surface area contributed by atoms with Crippen LogP contribution in [-0.4, -0.2) is 32.6 Å². The zero-order valence-electron chi connectivity index (χ0n) is 12.3. The van der Waals surface area contributed by atoms with E-state index in [0.29, 0.717) is 0 Å². The van der Waals surface area contributed by atoms with Crippen LogP contribution >= 0.6 is 12.4 Å². The van der Waals surface area contributed by atoms with E-state index in [4.69, 9.17) is 5.73 Å². The Morgan fingerprint density at radius 3 is 2.04 bits per heavy atom. The van der Waals surface area contributed by atoms with Crippen LogP contribution in [0.4, 0.5) is 18.9 Å². The summed E-state index contributed by atoms with van der Waals surface area (Å²) in [5.74, 6) is -0.488. The topological polar surface area (TPSA) is 101 Å². The Morgan fingerprint density at radius 1 is 1.17 bits per heavy atom. The standard InChI is InChI=1S/C12H16F3N3O3S.ClH/c1-11(2,16)10(19)18-8-3-5-9(6-4-8)22(20,21)17-7-12(13,14)15;/h3-6,17H,7,16H2,1-2H3,(H,18,19);1H. The van der Waals surface area contributed by atoms with Crippen LogP contribution in [0.2, 0.25) is 0 Å². The largest absolute Gasteiger partial charge is 0.402 e. The van der Waals surface area contributed by atoms with E-state index in [1.54, 1.807) is 0 Å². The Hall–Kier alpha value is -1.36. The summed E-state index contributed by atoms with van der Waals surface area (Å²) in [5.41, 5.74) is 4.73. The number of carbonyl (C=O) groups is 1. The van der Waals surface area contributed by atoms with Gasteiger partial charge in [0.15, 0.2) is 0 Å². The maximum atomic E-state index is 12.0. The Morgan fingerprint density at radius 2 is 1.65 bits per heavy atom. The second kappa shape index (κ2) is 7.47. The number of nitrogens with one attached hydrogen (secondary N) is 2. The number of anilines is 1. The molecule has 0 aliphatic carbocycles. The number of nitrogens with two attached hydrogens (primary N) is 1. The molecular weight excluding hydrogens is 359 g/mol. The van der Waals surface area contributed by atoms with Gasteiger partial charge in [0.1, 0.15) is 6.54 Å². The summed E-state index contributed by atoms with van der Waals surface area (Å²) in [6.07, 6.45) is -4.65. The second-order valence-electron chi connectivity index (χ2n) is 5.14. The van der Waals surface area contributed by atoms with Gasteiger partial charge >= 0.3 is 6.18 Å². The van der Waals surface area contributed by atoms with Gasteiger partial charge in [0.2, 0.25) is 15.9 Å². The molecule has 0 atom stereocenters. The molecule has 0 aromatic heterocycles. The van der Waals surface area contributed by atoms with Crippen molar-refractivity contribution in [3.8, 4) is 0 Å².